The van der Waals surface area contributed by atoms with Crippen molar-refractivity contribution in [2.24, 2.45) is 5.41 Å². The Labute approximate surface area is 117 Å². The Bertz CT molecular complexity index is 617. The average molecular weight is 276 g/mol. The van der Waals surface area contributed by atoms with E-state index in [1.54, 1.807) is 18.5 Å². The van der Waals surface area contributed by atoms with Crippen molar-refractivity contribution in [2.75, 3.05) is 6.61 Å². The highest BCUT2D eigenvalue weighted by atomic mass is 16.4. The van der Waals surface area contributed by atoms with E-state index < -0.39 is 5.97 Å². The molecule has 0 unspecified atom stereocenters. The van der Waals surface area contributed by atoms with Crippen LogP contribution >= 0.6 is 0 Å². The van der Waals surface area contributed by atoms with Crippen molar-refractivity contribution >= 4 is 17.0 Å². The van der Waals surface area contributed by atoms with Gasteiger partial charge in [0.2, 0.25) is 0 Å². The van der Waals surface area contributed by atoms with Crippen molar-refractivity contribution in [3.05, 3.63) is 30.1 Å². The maximum Gasteiger partial charge on any atom is 0.337 e. The number of carboxylic acid groups (broad SMARTS) is 1. The first kappa shape index (κ1) is 14.5. The van der Waals surface area contributed by atoms with E-state index in [0.29, 0.717) is 17.6 Å². The fourth-order valence-electron chi connectivity index (χ4n) is 2.52. The van der Waals surface area contributed by atoms with Crippen LogP contribution in [0.15, 0.2) is 24.5 Å². The van der Waals surface area contributed by atoms with Gasteiger partial charge < -0.3 is 14.8 Å². The molecule has 0 fully saturated rings. The normalized spacial score (nSPS) is 11.9. The molecular formula is C15H20N2O3. The number of imidazole rings is 1. The van der Waals surface area contributed by atoms with Crippen LogP contribution in [-0.2, 0) is 6.54 Å². The molecule has 0 radical (unpaired) electrons. The minimum Gasteiger partial charge on any atom is -0.478 e. The number of carboxylic acids is 1. The van der Waals surface area contributed by atoms with E-state index in [1.165, 1.54) is 0 Å². The summed E-state index contributed by atoms with van der Waals surface area (Å²) >= 11 is 0. The predicted octanol–water partition coefficient (Wildman–Crippen LogP) is 2.53. The summed E-state index contributed by atoms with van der Waals surface area (Å²) in [6.07, 6.45) is 3.31. The summed E-state index contributed by atoms with van der Waals surface area (Å²) < 4.78 is 1.90. The van der Waals surface area contributed by atoms with Gasteiger partial charge in [-0.05, 0) is 30.4 Å². The number of benzene rings is 1. The highest BCUT2D eigenvalue weighted by molar-refractivity contribution is 6.01. The molecule has 0 spiro atoms. The third kappa shape index (κ3) is 2.99. The van der Waals surface area contributed by atoms with Crippen molar-refractivity contribution in [1.82, 2.24) is 9.55 Å². The Balaban J connectivity index is 2.38. The number of hydrogen-bond donors (Lipinski definition) is 2. The zero-order valence-electron chi connectivity index (χ0n) is 11.8. The van der Waals surface area contributed by atoms with E-state index in [9.17, 15) is 9.90 Å². The minimum atomic E-state index is -0.939. The molecule has 0 aliphatic rings. The van der Waals surface area contributed by atoms with E-state index >= 15 is 0 Å². The SMILES string of the molecule is CC(C)(CCCO)Cn1cnc2cccc(C(=O)O)c21. The number of para-hydroxylation sites is 1. The summed E-state index contributed by atoms with van der Waals surface area (Å²) in [5.74, 6) is -0.939. The summed E-state index contributed by atoms with van der Waals surface area (Å²) in [6.45, 7) is 5.07. The first-order valence-corrected chi connectivity index (χ1v) is 6.72. The topological polar surface area (TPSA) is 75.3 Å². The Kier molecular flexibility index (Phi) is 4.09. The lowest BCUT2D eigenvalue weighted by Crippen LogP contribution is -2.20. The Morgan fingerprint density at radius 3 is 2.80 bits per heavy atom. The summed E-state index contributed by atoms with van der Waals surface area (Å²) in [6, 6.07) is 5.13. The van der Waals surface area contributed by atoms with E-state index in [-0.39, 0.29) is 17.6 Å². The lowest BCUT2D eigenvalue weighted by atomic mass is 9.87. The van der Waals surface area contributed by atoms with Crippen LogP contribution in [0.1, 0.15) is 37.0 Å². The van der Waals surface area contributed by atoms with Crippen LogP contribution < -0.4 is 0 Å². The highest BCUT2D eigenvalue weighted by Gasteiger charge is 2.21. The molecule has 0 aliphatic carbocycles. The molecule has 20 heavy (non-hydrogen) atoms. The maximum absolute atomic E-state index is 11.3. The van der Waals surface area contributed by atoms with Crippen molar-refractivity contribution < 1.29 is 15.0 Å². The number of rotatable bonds is 6. The van der Waals surface area contributed by atoms with Crippen molar-refractivity contribution in [2.45, 2.75) is 33.2 Å². The van der Waals surface area contributed by atoms with Crippen molar-refractivity contribution in [3.63, 3.8) is 0 Å². The van der Waals surface area contributed by atoms with Crippen LogP contribution in [0.5, 0.6) is 0 Å². The van der Waals surface area contributed by atoms with Gasteiger partial charge in [0.15, 0.2) is 0 Å². The third-order valence-corrected chi connectivity index (χ3v) is 3.48. The molecule has 108 valence electrons. The molecule has 1 aromatic heterocycles. The number of aromatic carboxylic acids is 1. The van der Waals surface area contributed by atoms with Gasteiger partial charge >= 0.3 is 5.97 Å². The van der Waals surface area contributed by atoms with Gasteiger partial charge in [-0.25, -0.2) is 9.78 Å². The van der Waals surface area contributed by atoms with Crippen LogP contribution in [0.25, 0.3) is 11.0 Å². The van der Waals surface area contributed by atoms with E-state index in [4.69, 9.17) is 5.11 Å². The molecule has 1 heterocycles. The molecule has 0 atom stereocenters. The fourth-order valence-corrected chi connectivity index (χ4v) is 2.52. The number of aromatic nitrogens is 2. The van der Waals surface area contributed by atoms with Crippen LogP contribution in [0, 0.1) is 5.41 Å². The molecule has 5 nitrogen and oxygen atoms in total. The first-order valence-electron chi connectivity index (χ1n) is 6.72. The molecule has 0 saturated carbocycles. The van der Waals surface area contributed by atoms with E-state index in [1.807, 2.05) is 10.6 Å². The largest absolute Gasteiger partial charge is 0.478 e. The quantitative estimate of drug-likeness (QED) is 0.850. The number of carbonyl (C=O) groups is 1. The van der Waals surface area contributed by atoms with Gasteiger partial charge in [-0.1, -0.05) is 19.9 Å². The summed E-state index contributed by atoms with van der Waals surface area (Å²) in [4.78, 5) is 15.6. The van der Waals surface area contributed by atoms with E-state index in [2.05, 4.69) is 18.8 Å². The number of aliphatic hydroxyl groups excluding tert-OH is 1. The molecule has 0 aliphatic heterocycles. The maximum atomic E-state index is 11.3. The summed E-state index contributed by atoms with van der Waals surface area (Å²) in [5, 5.41) is 18.2. The molecule has 2 N–H and O–H groups in total. The third-order valence-electron chi connectivity index (χ3n) is 3.48. The van der Waals surface area contributed by atoms with Crippen LogP contribution in [-0.4, -0.2) is 32.3 Å². The summed E-state index contributed by atoms with van der Waals surface area (Å²) in [5.41, 5.74) is 1.61. The molecule has 2 rings (SSSR count). The lowest BCUT2D eigenvalue weighted by molar-refractivity contribution is 0.0698. The molecule has 2 aromatic rings. The Morgan fingerprint density at radius 2 is 2.15 bits per heavy atom. The van der Waals surface area contributed by atoms with Gasteiger partial charge in [0.05, 0.1) is 22.9 Å². The Hall–Kier alpha value is -1.88. The molecular weight excluding hydrogens is 256 g/mol. The van der Waals surface area contributed by atoms with Gasteiger partial charge in [0.1, 0.15) is 0 Å². The van der Waals surface area contributed by atoms with Crippen molar-refractivity contribution in [1.29, 1.82) is 0 Å². The molecule has 0 saturated heterocycles. The van der Waals surface area contributed by atoms with Crippen LogP contribution in [0.4, 0.5) is 0 Å². The lowest BCUT2D eigenvalue weighted by Gasteiger charge is -2.25. The average Bonchev–Trinajstić information content (AvgIpc) is 2.79. The second kappa shape index (κ2) is 5.63. The molecule has 5 heteroatoms. The van der Waals surface area contributed by atoms with E-state index in [0.717, 1.165) is 12.8 Å². The van der Waals surface area contributed by atoms with Gasteiger partial charge in [-0.2, -0.15) is 0 Å². The Morgan fingerprint density at radius 1 is 1.40 bits per heavy atom. The smallest absolute Gasteiger partial charge is 0.337 e. The van der Waals surface area contributed by atoms with Gasteiger partial charge in [-0.15, -0.1) is 0 Å². The standard InChI is InChI=1S/C15H20N2O3/c1-15(2,7-4-8-18)9-17-10-16-12-6-3-5-11(13(12)17)14(19)20/h3,5-6,10,18H,4,7-9H2,1-2H3,(H,19,20). The number of hydrogen-bond acceptors (Lipinski definition) is 3. The number of fused-ring (bicyclic) bond motifs is 1. The van der Waals surface area contributed by atoms with Crippen LogP contribution in [0.3, 0.4) is 0 Å². The van der Waals surface area contributed by atoms with Crippen molar-refractivity contribution in [3.8, 4) is 0 Å². The monoisotopic (exact) mass is 276 g/mol. The molecule has 1 aromatic carbocycles. The minimum absolute atomic E-state index is 0.0258. The zero-order valence-corrected chi connectivity index (χ0v) is 11.8. The molecule has 0 bridgehead atoms. The van der Waals surface area contributed by atoms with Gasteiger partial charge in [0.25, 0.3) is 0 Å². The second-order valence-corrected chi connectivity index (χ2v) is 5.84. The number of nitrogens with zero attached hydrogens (tertiary/aromatic N) is 2. The highest BCUT2D eigenvalue weighted by Crippen LogP contribution is 2.27. The van der Waals surface area contributed by atoms with Gasteiger partial charge in [-0.3, -0.25) is 0 Å². The second-order valence-electron chi connectivity index (χ2n) is 5.84. The molecule has 0 amide bonds. The fraction of sp³-hybridized carbons (Fsp3) is 0.467. The summed E-state index contributed by atoms with van der Waals surface area (Å²) in [7, 11) is 0. The van der Waals surface area contributed by atoms with Crippen LogP contribution in [0.2, 0.25) is 0 Å². The predicted molar refractivity (Wildman–Crippen MR) is 76.8 cm³/mol. The first-order chi connectivity index (χ1) is 9.44. The zero-order chi connectivity index (χ0) is 14.8. The van der Waals surface area contributed by atoms with Gasteiger partial charge in [0, 0.05) is 13.2 Å². The number of aliphatic hydroxyl groups is 1.